The summed E-state index contributed by atoms with van der Waals surface area (Å²) >= 11 is 0. The van der Waals surface area contributed by atoms with Crippen LogP contribution < -0.4 is 9.64 Å². The third kappa shape index (κ3) is 3.44. The maximum atomic E-state index is 13.8. The van der Waals surface area contributed by atoms with Gasteiger partial charge in [-0.1, -0.05) is 30.3 Å². The highest BCUT2D eigenvalue weighted by Crippen LogP contribution is 2.49. The van der Waals surface area contributed by atoms with Crippen LogP contribution in [0.1, 0.15) is 41.6 Å². The molecule has 0 N–H and O–H groups in total. The number of para-hydroxylation sites is 2. The molecule has 1 atom stereocenters. The van der Waals surface area contributed by atoms with Gasteiger partial charge in [0.15, 0.2) is 0 Å². The van der Waals surface area contributed by atoms with Gasteiger partial charge >= 0.3 is 5.97 Å². The smallest absolute Gasteiger partial charge is 0.354 e. The van der Waals surface area contributed by atoms with Crippen molar-refractivity contribution in [3.05, 3.63) is 84.2 Å². The number of carbonyl (C=O) groups is 3. The second-order valence-corrected chi connectivity index (χ2v) is 8.94. The molecular formula is C27H23N3O5. The summed E-state index contributed by atoms with van der Waals surface area (Å²) < 4.78 is 11.8. The topological polar surface area (TPSA) is 89.0 Å². The van der Waals surface area contributed by atoms with E-state index in [4.69, 9.17) is 9.47 Å². The highest BCUT2D eigenvalue weighted by atomic mass is 16.5. The van der Waals surface area contributed by atoms with Crippen LogP contribution in [0, 0.1) is 0 Å². The van der Waals surface area contributed by atoms with E-state index >= 15 is 0 Å². The Kier molecular flexibility index (Phi) is 5.02. The van der Waals surface area contributed by atoms with E-state index in [2.05, 4.69) is 4.98 Å². The fourth-order valence-electron chi connectivity index (χ4n) is 5.03. The Balaban J connectivity index is 1.32. The Morgan fingerprint density at radius 2 is 1.83 bits per heavy atom. The lowest BCUT2D eigenvalue weighted by atomic mass is 9.96. The van der Waals surface area contributed by atoms with Gasteiger partial charge in [-0.25, -0.2) is 4.79 Å². The third-order valence-corrected chi connectivity index (χ3v) is 6.73. The summed E-state index contributed by atoms with van der Waals surface area (Å²) in [6, 6.07) is 17.7. The van der Waals surface area contributed by atoms with Gasteiger partial charge in [0.25, 0.3) is 5.91 Å². The predicted octanol–water partition coefficient (Wildman–Crippen LogP) is 4.06. The maximum absolute atomic E-state index is 13.8. The third-order valence-electron chi connectivity index (χ3n) is 6.73. The zero-order valence-electron chi connectivity index (χ0n) is 18.9. The van der Waals surface area contributed by atoms with Crippen molar-refractivity contribution in [2.75, 3.05) is 4.90 Å². The number of benzene rings is 2. The second-order valence-electron chi connectivity index (χ2n) is 8.94. The van der Waals surface area contributed by atoms with E-state index in [9.17, 15) is 14.4 Å². The van der Waals surface area contributed by atoms with Crippen LogP contribution in [0.15, 0.2) is 73.1 Å². The van der Waals surface area contributed by atoms with Gasteiger partial charge < -0.3 is 14.4 Å². The predicted molar refractivity (Wildman–Crippen MR) is 126 cm³/mol. The number of rotatable bonds is 6. The lowest BCUT2D eigenvalue weighted by molar-refractivity contribution is -0.159. The van der Waals surface area contributed by atoms with Crippen molar-refractivity contribution in [3.8, 4) is 11.5 Å². The summed E-state index contributed by atoms with van der Waals surface area (Å²) in [5.74, 6) is 0.0783. The molecule has 2 aromatic carbocycles. The number of nitrogens with zero attached hydrogens (tertiary/aromatic N) is 3. The van der Waals surface area contributed by atoms with Crippen molar-refractivity contribution in [1.29, 1.82) is 0 Å². The van der Waals surface area contributed by atoms with E-state index < -0.39 is 11.6 Å². The first-order valence-corrected chi connectivity index (χ1v) is 11.7. The zero-order chi connectivity index (χ0) is 24.0. The number of anilines is 1. The highest BCUT2D eigenvalue weighted by molar-refractivity contribution is 6.15. The van der Waals surface area contributed by atoms with E-state index in [1.54, 1.807) is 59.8 Å². The monoisotopic (exact) mass is 469 g/mol. The average Bonchev–Trinajstić information content (AvgIpc) is 3.66. The Morgan fingerprint density at radius 3 is 2.63 bits per heavy atom. The quantitative estimate of drug-likeness (QED) is 0.506. The number of amides is 2. The molecule has 0 spiro atoms. The second kappa shape index (κ2) is 8.23. The first kappa shape index (κ1) is 21.3. The van der Waals surface area contributed by atoms with E-state index in [0.717, 1.165) is 12.8 Å². The van der Waals surface area contributed by atoms with E-state index in [-0.39, 0.29) is 37.3 Å². The van der Waals surface area contributed by atoms with Crippen molar-refractivity contribution < 1.29 is 23.9 Å². The molecule has 1 saturated carbocycles. The van der Waals surface area contributed by atoms with Gasteiger partial charge in [0, 0.05) is 30.6 Å². The number of hydrogen-bond donors (Lipinski definition) is 0. The summed E-state index contributed by atoms with van der Waals surface area (Å²) in [5, 5.41) is 0. The van der Waals surface area contributed by atoms with Crippen molar-refractivity contribution >= 4 is 23.5 Å². The Morgan fingerprint density at radius 1 is 1.03 bits per heavy atom. The standard InChI is InChI=1S/C27H23N3O5/c31-24-13-14-27(29(19-11-12-19)25(32)21-8-2-3-9-22(21)30(24)27)26(33)34-17-18-6-1-4-10-23(18)35-20-7-5-15-28-16-20/h1-10,15-16,19H,11-14,17H2. The molecule has 1 saturated heterocycles. The number of esters is 1. The van der Waals surface area contributed by atoms with Gasteiger partial charge in [0.05, 0.1) is 17.4 Å². The molecule has 6 rings (SSSR count). The molecule has 3 aromatic rings. The van der Waals surface area contributed by atoms with Gasteiger partial charge in [0.2, 0.25) is 11.6 Å². The molecule has 8 heteroatoms. The van der Waals surface area contributed by atoms with Crippen molar-refractivity contribution in [1.82, 2.24) is 9.88 Å². The summed E-state index contributed by atoms with van der Waals surface area (Å²) in [5.41, 5.74) is 0.1000. The molecule has 35 heavy (non-hydrogen) atoms. The maximum Gasteiger partial charge on any atom is 0.354 e. The van der Waals surface area contributed by atoms with E-state index in [1.807, 2.05) is 18.2 Å². The molecule has 2 fully saturated rings. The van der Waals surface area contributed by atoms with Gasteiger partial charge in [-0.3, -0.25) is 19.5 Å². The lowest BCUT2D eigenvalue weighted by Gasteiger charge is -2.48. The summed E-state index contributed by atoms with van der Waals surface area (Å²) in [4.78, 5) is 47.6. The largest absolute Gasteiger partial charge is 0.458 e. The molecule has 3 heterocycles. The Labute approximate surface area is 202 Å². The Hall–Kier alpha value is -4.20. The van der Waals surface area contributed by atoms with Crippen LogP contribution in [-0.4, -0.2) is 39.4 Å². The number of ether oxygens (including phenoxy) is 2. The molecule has 1 unspecified atom stereocenters. The highest BCUT2D eigenvalue weighted by Gasteiger charge is 2.64. The minimum Gasteiger partial charge on any atom is -0.458 e. The minimum atomic E-state index is -1.47. The lowest BCUT2D eigenvalue weighted by Crippen LogP contribution is -2.69. The summed E-state index contributed by atoms with van der Waals surface area (Å²) in [6.07, 6.45) is 5.22. The number of carbonyl (C=O) groups excluding carboxylic acids is 3. The number of fused-ring (bicyclic) bond motifs is 3. The van der Waals surface area contributed by atoms with E-state index in [1.165, 1.54) is 4.90 Å². The van der Waals surface area contributed by atoms with Crippen LogP contribution in [0.4, 0.5) is 5.69 Å². The van der Waals surface area contributed by atoms with Crippen LogP contribution in [0.5, 0.6) is 11.5 Å². The fourth-order valence-corrected chi connectivity index (χ4v) is 5.03. The zero-order valence-corrected chi connectivity index (χ0v) is 18.9. The number of hydrogen-bond acceptors (Lipinski definition) is 6. The molecule has 0 radical (unpaired) electrons. The van der Waals surface area contributed by atoms with Crippen LogP contribution >= 0.6 is 0 Å². The molecule has 1 aromatic heterocycles. The van der Waals surface area contributed by atoms with Gasteiger partial charge in [-0.2, -0.15) is 0 Å². The number of pyridine rings is 1. The van der Waals surface area contributed by atoms with Crippen molar-refractivity contribution in [2.45, 2.75) is 44.0 Å². The van der Waals surface area contributed by atoms with Crippen LogP contribution in [-0.2, 0) is 20.9 Å². The first-order chi connectivity index (χ1) is 17.1. The SMILES string of the molecule is O=C1CCC2(C(=O)OCc3ccccc3Oc3cccnc3)N1c1ccccc1C(=O)N2C1CC1. The minimum absolute atomic E-state index is 0.0621. The van der Waals surface area contributed by atoms with Crippen LogP contribution in [0.2, 0.25) is 0 Å². The van der Waals surface area contributed by atoms with Crippen LogP contribution in [0.25, 0.3) is 0 Å². The molecule has 1 aliphatic carbocycles. The summed E-state index contributed by atoms with van der Waals surface area (Å²) in [6.45, 7) is -0.0621. The average molecular weight is 469 g/mol. The molecule has 176 valence electrons. The molecule has 3 aliphatic rings. The van der Waals surface area contributed by atoms with E-state index in [0.29, 0.717) is 28.3 Å². The molecule has 2 aliphatic heterocycles. The van der Waals surface area contributed by atoms with Gasteiger partial charge in [-0.05, 0) is 43.2 Å². The normalized spacial score (nSPS) is 20.9. The fraction of sp³-hybridized carbons (Fsp3) is 0.259. The van der Waals surface area contributed by atoms with Crippen molar-refractivity contribution in [2.24, 2.45) is 0 Å². The molecular weight excluding hydrogens is 446 g/mol. The molecule has 8 nitrogen and oxygen atoms in total. The number of aromatic nitrogens is 1. The summed E-state index contributed by atoms with van der Waals surface area (Å²) in [7, 11) is 0. The van der Waals surface area contributed by atoms with Gasteiger partial charge in [0.1, 0.15) is 18.1 Å². The molecule has 0 bridgehead atoms. The van der Waals surface area contributed by atoms with Crippen LogP contribution in [0.3, 0.4) is 0 Å². The van der Waals surface area contributed by atoms with Gasteiger partial charge in [-0.15, -0.1) is 0 Å². The van der Waals surface area contributed by atoms with Crippen molar-refractivity contribution in [3.63, 3.8) is 0 Å². The first-order valence-electron chi connectivity index (χ1n) is 11.7. The Bertz CT molecular complexity index is 1320. The molecule has 2 amide bonds.